The third-order valence-corrected chi connectivity index (χ3v) is 3.38. The Balaban J connectivity index is 2.14. The summed E-state index contributed by atoms with van der Waals surface area (Å²) in [6.45, 7) is 0. The maximum atomic E-state index is 10.7. The van der Waals surface area contributed by atoms with Crippen LogP contribution in [0.5, 0.6) is 0 Å². The van der Waals surface area contributed by atoms with Crippen LogP contribution in [0.15, 0.2) is 0 Å². The Labute approximate surface area is 71.4 Å². The molecule has 0 heterocycles. The van der Waals surface area contributed by atoms with Gasteiger partial charge in [-0.1, -0.05) is 0 Å². The van der Waals surface area contributed by atoms with E-state index in [0.717, 1.165) is 25.7 Å². The molecule has 4 atom stereocenters. The predicted octanol–water partition coefficient (Wildman–Crippen LogP) is -0.467. The third kappa shape index (κ3) is 1.12. The van der Waals surface area contributed by atoms with Crippen LogP contribution in [0.2, 0.25) is 0 Å². The van der Waals surface area contributed by atoms with Crippen LogP contribution in [0.3, 0.4) is 0 Å². The number of fused-ring (bicyclic) bond motifs is 3. The number of carbonyl (C=O) groups excluding carboxylic acids is 1. The first-order chi connectivity index (χ1) is 5.68. The molecule has 3 rings (SSSR count). The second kappa shape index (κ2) is 2.73. The lowest BCUT2D eigenvalue weighted by Crippen LogP contribution is -2.48. The van der Waals surface area contributed by atoms with Crippen molar-refractivity contribution in [3.63, 3.8) is 0 Å². The van der Waals surface area contributed by atoms with Crippen molar-refractivity contribution < 1.29 is 15.0 Å². The molecule has 12 heavy (non-hydrogen) atoms. The summed E-state index contributed by atoms with van der Waals surface area (Å²) in [5.74, 6) is -0.955. The molecule has 3 saturated carbocycles. The van der Waals surface area contributed by atoms with Crippen molar-refractivity contribution in [2.75, 3.05) is 0 Å². The first-order valence-electron chi connectivity index (χ1n) is 4.57. The number of aliphatic hydroxyl groups excluding tert-OH is 1. The Hall–Kier alpha value is -0.570. The molecule has 0 aliphatic heterocycles. The van der Waals surface area contributed by atoms with Crippen LogP contribution < -0.4 is 5.11 Å². The molecule has 0 amide bonds. The minimum absolute atomic E-state index is 0.0278. The zero-order chi connectivity index (χ0) is 8.72. The van der Waals surface area contributed by atoms with Gasteiger partial charge < -0.3 is 15.0 Å². The number of carbonyl (C=O) groups is 1. The van der Waals surface area contributed by atoms with Gasteiger partial charge in [0.2, 0.25) is 0 Å². The average Bonchev–Trinajstić information content (AvgIpc) is 2.04. The van der Waals surface area contributed by atoms with Gasteiger partial charge in [-0.3, -0.25) is 0 Å². The van der Waals surface area contributed by atoms with E-state index in [1.54, 1.807) is 0 Å². The molecule has 68 valence electrons. The van der Waals surface area contributed by atoms with Gasteiger partial charge in [-0.2, -0.15) is 0 Å². The van der Waals surface area contributed by atoms with Gasteiger partial charge in [0.25, 0.3) is 0 Å². The molecule has 3 nitrogen and oxygen atoms in total. The summed E-state index contributed by atoms with van der Waals surface area (Å²) in [7, 11) is 0. The Kier molecular flexibility index (Phi) is 1.83. The van der Waals surface area contributed by atoms with Crippen LogP contribution in [0, 0.1) is 17.8 Å². The summed E-state index contributed by atoms with van der Waals surface area (Å²) in [5.41, 5.74) is 0. The lowest BCUT2D eigenvalue weighted by Gasteiger charge is -2.45. The smallest absolute Gasteiger partial charge is 0.0577 e. The molecule has 3 aliphatic rings. The van der Waals surface area contributed by atoms with Crippen molar-refractivity contribution in [1.29, 1.82) is 0 Å². The van der Waals surface area contributed by atoms with Gasteiger partial charge in [0, 0.05) is 11.9 Å². The number of carboxylic acid groups (broad SMARTS) is 1. The van der Waals surface area contributed by atoms with Crippen LogP contribution in [-0.2, 0) is 4.79 Å². The zero-order valence-electron chi connectivity index (χ0n) is 6.90. The highest BCUT2D eigenvalue weighted by atomic mass is 16.4. The second-order valence-electron chi connectivity index (χ2n) is 4.07. The Morgan fingerprint density at radius 3 is 2.50 bits per heavy atom. The fraction of sp³-hybridized carbons (Fsp3) is 0.889. The van der Waals surface area contributed by atoms with Crippen LogP contribution in [-0.4, -0.2) is 17.2 Å². The average molecular weight is 169 g/mol. The third-order valence-electron chi connectivity index (χ3n) is 3.38. The maximum Gasteiger partial charge on any atom is 0.0577 e. The molecule has 3 heteroatoms. The van der Waals surface area contributed by atoms with E-state index in [2.05, 4.69) is 0 Å². The lowest BCUT2D eigenvalue weighted by atomic mass is 9.63. The molecular weight excluding hydrogens is 156 g/mol. The summed E-state index contributed by atoms with van der Waals surface area (Å²) >= 11 is 0. The standard InChI is InChI=1S/C9H14O3/c10-8-4-5-1-2-6(8)7(3-5)9(11)12/h5-8,10H,1-4H2,(H,11,12)/p-1/t5-,6+,7-,8-/m0/s1. The molecule has 0 spiro atoms. The van der Waals surface area contributed by atoms with Crippen molar-refractivity contribution in [1.82, 2.24) is 0 Å². The van der Waals surface area contributed by atoms with Gasteiger partial charge in [0.1, 0.15) is 0 Å². The Morgan fingerprint density at radius 1 is 1.33 bits per heavy atom. The van der Waals surface area contributed by atoms with Crippen LogP contribution in [0.4, 0.5) is 0 Å². The molecule has 0 saturated heterocycles. The first kappa shape index (κ1) is 8.05. The summed E-state index contributed by atoms with van der Waals surface area (Å²) in [6.07, 6.45) is 3.09. The van der Waals surface area contributed by atoms with E-state index in [1.807, 2.05) is 0 Å². The van der Waals surface area contributed by atoms with E-state index in [0.29, 0.717) is 5.92 Å². The summed E-state index contributed by atoms with van der Waals surface area (Å²) in [6, 6.07) is 0. The van der Waals surface area contributed by atoms with E-state index in [9.17, 15) is 15.0 Å². The van der Waals surface area contributed by atoms with Crippen molar-refractivity contribution >= 4 is 5.97 Å². The predicted molar refractivity (Wildman–Crippen MR) is 40.0 cm³/mol. The monoisotopic (exact) mass is 169 g/mol. The van der Waals surface area contributed by atoms with Crippen molar-refractivity contribution in [2.45, 2.75) is 31.8 Å². The molecule has 0 radical (unpaired) electrons. The largest absolute Gasteiger partial charge is 0.550 e. The number of carboxylic acids is 1. The summed E-state index contributed by atoms with van der Waals surface area (Å²) in [5, 5.41) is 20.2. The molecule has 0 aromatic rings. The number of hydrogen-bond donors (Lipinski definition) is 1. The normalized spacial score (nSPS) is 46.1. The van der Waals surface area contributed by atoms with E-state index < -0.39 is 5.97 Å². The van der Waals surface area contributed by atoms with Gasteiger partial charge >= 0.3 is 0 Å². The Bertz CT molecular complexity index is 202. The van der Waals surface area contributed by atoms with Gasteiger partial charge in [-0.15, -0.1) is 0 Å². The highest BCUT2D eigenvalue weighted by molar-refractivity contribution is 5.68. The zero-order valence-corrected chi connectivity index (χ0v) is 6.90. The fourth-order valence-corrected chi connectivity index (χ4v) is 2.74. The van der Waals surface area contributed by atoms with Crippen molar-refractivity contribution in [3.05, 3.63) is 0 Å². The molecule has 2 bridgehead atoms. The van der Waals surface area contributed by atoms with E-state index in [-0.39, 0.29) is 17.9 Å². The molecule has 0 aromatic carbocycles. The molecule has 1 N–H and O–H groups in total. The van der Waals surface area contributed by atoms with Crippen molar-refractivity contribution in [2.24, 2.45) is 17.8 Å². The van der Waals surface area contributed by atoms with E-state index >= 15 is 0 Å². The number of aliphatic carboxylic acids is 1. The summed E-state index contributed by atoms with van der Waals surface area (Å²) < 4.78 is 0. The molecule has 3 aliphatic carbocycles. The minimum Gasteiger partial charge on any atom is -0.550 e. The van der Waals surface area contributed by atoms with Crippen LogP contribution in [0.25, 0.3) is 0 Å². The van der Waals surface area contributed by atoms with E-state index in [1.165, 1.54) is 0 Å². The van der Waals surface area contributed by atoms with Gasteiger partial charge in [-0.05, 0) is 37.5 Å². The first-order valence-corrected chi connectivity index (χ1v) is 4.57. The fourth-order valence-electron chi connectivity index (χ4n) is 2.74. The topological polar surface area (TPSA) is 60.4 Å². The van der Waals surface area contributed by atoms with E-state index in [4.69, 9.17) is 0 Å². The summed E-state index contributed by atoms with van der Waals surface area (Å²) in [4.78, 5) is 10.7. The van der Waals surface area contributed by atoms with Crippen LogP contribution in [0.1, 0.15) is 25.7 Å². The van der Waals surface area contributed by atoms with Crippen LogP contribution >= 0.6 is 0 Å². The molecule has 3 fully saturated rings. The maximum absolute atomic E-state index is 10.7. The van der Waals surface area contributed by atoms with Gasteiger partial charge in [-0.25, -0.2) is 0 Å². The van der Waals surface area contributed by atoms with Gasteiger partial charge in [0.05, 0.1) is 6.10 Å². The second-order valence-corrected chi connectivity index (χ2v) is 4.07. The molecular formula is C9H13O3-. The van der Waals surface area contributed by atoms with Gasteiger partial charge in [0.15, 0.2) is 0 Å². The highest BCUT2D eigenvalue weighted by Gasteiger charge is 2.41. The quantitative estimate of drug-likeness (QED) is 0.577. The lowest BCUT2D eigenvalue weighted by molar-refractivity contribution is -0.317. The number of hydrogen-bond acceptors (Lipinski definition) is 3. The number of rotatable bonds is 1. The SMILES string of the molecule is O=C([O-])[C@H]1C[C@@H]2CC[C@H]1[C@@H](O)C2. The highest BCUT2D eigenvalue weighted by Crippen LogP contribution is 2.44. The minimum atomic E-state index is -0.969. The Morgan fingerprint density at radius 2 is 2.08 bits per heavy atom. The van der Waals surface area contributed by atoms with Crippen molar-refractivity contribution in [3.8, 4) is 0 Å². The molecule has 0 unspecified atom stereocenters. The number of aliphatic hydroxyl groups is 1. The molecule has 0 aromatic heterocycles.